The van der Waals surface area contributed by atoms with Gasteiger partial charge in [0.25, 0.3) is 0 Å². The summed E-state index contributed by atoms with van der Waals surface area (Å²) in [6.45, 7) is 8.05. The monoisotopic (exact) mass is 265 g/mol. The first-order valence-electron chi connectivity index (χ1n) is 6.41. The van der Waals surface area contributed by atoms with E-state index in [0.717, 1.165) is 5.69 Å². The topological polar surface area (TPSA) is 81.6 Å². The third-order valence-corrected chi connectivity index (χ3v) is 2.57. The van der Waals surface area contributed by atoms with Gasteiger partial charge in [-0.15, -0.1) is 0 Å². The molecule has 0 heterocycles. The molecule has 0 aliphatic carbocycles. The van der Waals surface area contributed by atoms with Gasteiger partial charge in [-0.3, -0.25) is 4.79 Å². The Morgan fingerprint density at radius 3 is 2.37 bits per heavy atom. The van der Waals surface area contributed by atoms with Gasteiger partial charge in [-0.25, -0.2) is 0 Å². The molecule has 0 radical (unpaired) electrons. The highest BCUT2D eigenvalue weighted by molar-refractivity contribution is 5.80. The number of amides is 1. The summed E-state index contributed by atoms with van der Waals surface area (Å²) in [5.74, 6) is 0.322. The van der Waals surface area contributed by atoms with Crippen LogP contribution in [0.25, 0.3) is 0 Å². The number of carbonyl (C=O) groups is 1. The number of nitrogens with two attached hydrogens (primary N) is 2. The van der Waals surface area contributed by atoms with Crippen LogP contribution in [0, 0.1) is 0 Å². The van der Waals surface area contributed by atoms with Crippen molar-refractivity contribution < 1.29 is 9.53 Å². The van der Waals surface area contributed by atoms with Crippen molar-refractivity contribution in [3.05, 3.63) is 18.2 Å². The highest BCUT2D eigenvalue weighted by atomic mass is 16.5. The van der Waals surface area contributed by atoms with Gasteiger partial charge in [0.2, 0.25) is 5.91 Å². The molecule has 19 heavy (non-hydrogen) atoms. The quantitative estimate of drug-likeness (QED) is 0.768. The number of rotatable bonds is 6. The zero-order valence-corrected chi connectivity index (χ0v) is 12.0. The van der Waals surface area contributed by atoms with E-state index in [1.165, 1.54) is 0 Å². The number of hydrogen-bond acceptors (Lipinski definition) is 4. The number of primary amides is 1. The average molecular weight is 265 g/mol. The predicted molar refractivity (Wildman–Crippen MR) is 78.3 cm³/mol. The van der Waals surface area contributed by atoms with Crippen molar-refractivity contribution in [3.8, 4) is 5.75 Å². The van der Waals surface area contributed by atoms with Gasteiger partial charge in [0.15, 0.2) is 0 Å². The number of nitrogen functional groups attached to an aromatic ring is 1. The van der Waals surface area contributed by atoms with Gasteiger partial charge in [-0.2, -0.15) is 0 Å². The van der Waals surface area contributed by atoms with Gasteiger partial charge in [-0.1, -0.05) is 0 Å². The second kappa shape index (κ2) is 6.31. The minimum Gasteiger partial charge on any atom is -0.491 e. The number of benzene rings is 1. The van der Waals surface area contributed by atoms with Crippen LogP contribution in [-0.4, -0.2) is 24.6 Å². The molecule has 0 fully saturated rings. The molecule has 0 aromatic heterocycles. The Morgan fingerprint density at radius 1 is 1.26 bits per heavy atom. The van der Waals surface area contributed by atoms with Gasteiger partial charge >= 0.3 is 0 Å². The predicted octanol–water partition coefficient (Wildman–Crippen LogP) is 1.76. The molecule has 0 saturated carbocycles. The van der Waals surface area contributed by atoms with Crippen molar-refractivity contribution in [2.45, 2.75) is 39.8 Å². The Kier molecular flexibility index (Phi) is 5.03. The lowest BCUT2D eigenvalue weighted by atomic mass is 10.2. The van der Waals surface area contributed by atoms with Crippen LogP contribution >= 0.6 is 0 Å². The van der Waals surface area contributed by atoms with E-state index >= 15 is 0 Å². The standard InChI is InChI=1S/C14H23N3O2/c1-9(2)17(8-14(16)18)12-5-11(15)6-13(7-12)19-10(3)4/h5-7,9-10H,8,15H2,1-4H3,(H2,16,18). The van der Waals surface area contributed by atoms with Gasteiger partial charge in [0, 0.05) is 29.5 Å². The first kappa shape index (κ1) is 15.1. The molecule has 5 heteroatoms. The fraction of sp³-hybridized carbons (Fsp3) is 0.500. The van der Waals surface area contributed by atoms with E-state index in [4.69, 9.17) is 16.2 Å². The Labute approximate surface area is 114 Å². The third-order valence-electron chi connectivity index (χ3n) is 2.57. The molecule has 106 valence electrons. The van der Waals surface area contributed by atoms with E-state index in [0.29, 0.717) is 11.4 Å². The second-order valence-electron chi connectivity index (χ2n) is 5.11. The molecule has 0 aliphatic heterocycles. The molecule has 0 unspecified atom stereocenters. The van der Waals surface area contributed by atoms with E-state index in [1.54, 1.807) is 6.07 Å². The Bertz CT molecular complexity index is 444. The van der Waals surface area contributed by atoms with Crippen molar-refractivity contribution in [2.24, 2.45) is 5.73 Å². The maximum atomic E-state index is 11.2. The van der Waals surface area contributed by atoms with Gasteiger partial charge in [0.05, 0.1) is 12.6 Å². The van der Waals surface area contributed by atoms with Crippen molar-refractivity contribution in [3.63, 3.8) is 0 Å². The van der Waals surface area contributed by atoms with E-state index in [1.807, 2.05) is 44.7 Å². The Hall–Kier alpha value is -1.91. The molecule has 0 saturated heterocycles. The summed E-state index contributed by atoms with van der Waals surface area (Å²) in [5, 5.41) is 0. The lowest BCUT2D eigenvalue weighted by Gasteiger charge is -2.28. The Morgan fingerprint density at radius 2 is 1.89 bits per heavy atom. The van der Waals surface area contributed by atoms with Crippen LogP contribution in [0.3, 0.4) is 0 Å². The molecular formula is C14H23N3O2. The van der Waals surface area contributed by atoms with E-state index in [2.05, 4.69) is 0 Å². The molecule has 0 atom stereocenters. The highest BCUT2D eigenvalue weighted by Gasteiger charge is 2.15. The maximum Gasteiger partial charge on any atom is 0.236 e. The summed E-state index contributed by atoms with van der Waals surface area (Å²) in [5.41, 5.74) is 12.6. The molecule has 1 amide bonds. The normalized spacial score (nSPS) is 10.8. The van der Waals surface area contributed by atoms with Crippen LogP contribution in [-0.2, 0) is 4.79 Å². The summed E-state index contributed by atoms with van der Waals surface area (Å²) in [7, 11) is 0. The number of carbonyl (C=O) groups excluding carboxylic acids is 1. The summed E-state index contributed by atoms with van der Waals surface area (Å²) >= 11 is 0. The SMILES string of the molecule is CC(C)Oc1cc(N)cc(N(CC(N)=O)C(C)C)c1. The minimum absolute atomic E-state index is 0.0679. The molecule has 0 bridgehead atoms. The lowest BCUT2D eigenvalue weighted by molar-refractivity contribution is -0.116. The number of ether oxygens (including phenoxy) is 1. The second-order valence-corrected chi connectivity index (χ2v) is 5.11. The molecule has 0 spiro atoms. The summed E-state index contributed by atoms with van der Waals surface area (Å²) in [4.78, 5) is 13.0. The van der Waals surface area contributed by atoms with Crippen molar-refractivity contribution in [2.75, 3.05) is 17.2 Å². The van der Waals surface area contributed by atoms with Crippen LogP contribution in [0.1, 0.15) is 27.7 Å². The first-order valence-corrected chi connectivity index (χ1v) is 6.41. The molecule has 1 rings (SSSR count). The molecule has 5 nitrogen and oxygen atoms in total. The fourth-order valence-electron chi connectivity index (χ4n) is 1.85. The summed E-state index contributed by atoms with van der Waals surface area (Å²) in [6.07, 6.45) is 0.0679. The van der Waals surface area contributed by atoms with Gasteiger partial charge in [-0.05, 0) is 33.8 Å². The Balaban J connectivity index is 3.08. The van der Waals surface area contributed by atoms with Crippen LogP contribution in [0.5, 0.6) is 5.75 Å². The molecule has 0 aliphatic rings. The lowest BCUT2D eigenvalue weighted by Crippen LogP contribution is -2.38. The van der Waals surface area contributed by atoms with Crippen molar-refractivity contribution >= 4 is 17.3 Å². The summed E-state index contributed by atoms with van der Waals surface area (Å²) in [6, 6.07) is 5.60. The third kappa shape index (κ3) is 4.69. The van der Waals surface area contributed by atoms with E-state index in [-0.39, 0.29) is 24.6 Å². The first-order chi connectivity index (χ1) is 8.79. The van der Waals surface area contributed by atoms with E-state index in [9.17, 15) is 4.79 Å². The average Bonchev–Trinajstić information content (AvgIpc) is 2.23. The zero-order valence-electron chi connectivity index (χ0n) is 12.0. The minimum atomic E-state index is -0.373. The molecular weight excluding hydrogens is 242 g/mol. The van der Waals surface area contributed by atoms with Crippen LogP contribution < -0.4 is 21.1 Å². The van der Waals surface area contributed by atoms with Gasteiger partial charge < -0.3 is 21.1 Å². The van der Waals surface area contributed by atoms with E-state index < -0.39 is 0 Å². The number of hydrogen-bond donors (Lipinski definition) is 2. The smallest absolute Gasteiger partial charge is 0.236 e. The van der Waals surface area contributed by atoms with Crippen LogP contribution in [0.15, 0.2) is 18.2 Å². The number of nitrogens with zero attached hydrogens (tertiary/aromatic N) is 1. The molecule has 4 N–H and O–H groups in total. The molecule has 1 aromatic carbocycles. The highest BCUT2D eigenvalue weighted by Crippen LogP contribution is 2.27. The summed E-state index contributed by atoms with van der Waals surface area (Å²) < 4.78 is 5.65. The van der Waals surface area contributed by atoms with Crippen molar-refractivity contribution in [1.29, 1.82) is 0 Å². The van der Waals surface area contributed by atoms with Gasteiger partial charge in [0.1, 0.15) is 5.75 Å². The van der Waals surface area contributed by atoms with Crippen LogP contribution in [0.4, 0.5) is 11.4 Å². The van der Waals surface area contributed by atoms with Crippen LogP contribution in [0.2, 0.25) is 0 Å². The maximum absolute atomic E-state index is 11.2. The van der Waals surface area contributed by atoms with Crippen molar-refractivity contribution in [1.82, 2.24) is 0 Å². The fourth-order valence-corrected chi connectivity index (χ4v) is 1.85. The largest absolute Gasteiger partial charge is 0.491 e. The molecule has 1 aromatic rings. The zero-order chi connectivity index (χ0) is 14.6. The number of anilines is 2.